The Morgan fingerprint density at radius 1 is 0.600 bits per heavy atom. The molecule has 0 heterocycles. The number of rotatable bonds is 9. The van der Waals surface area contributed by atoms with Crippen LogP contribution in [0.3, 0.4) is 0 Å². The summed E-state index contributed by atoms with van der Waals surface area (Å²) < 4.78 is 19.4. The predicted octanol–water partition coefficient (Wildman–Crippen LogP) is 5.56. The minimum atomic E-state index is -1.22. The van der Waals surface area contributed by atoms with Gasteiger partial charge in [-0.1, -0.05) is 60.7 Å². The van der Waals surface area contributed by atoms with Crippen molar-refractivity contribution in [1.82, 2.24) is 9.80 Å². The van der Waals surface area contributed by atoms with Crippen LogP contribution >= 0.6 is 8.15 Å². The SMILES string of the molecule is COP(c1ccc2ccccc2c1OC(C)N(C)C)c1ccc2ccccc2c1OC(C)N(C)C. The minimum absolute atomic E-state index is 0.102. The smallest absolute Gasteiger partial charge is 0.149 e. The molecule has 0 N–H and O–H groups in total. The van der Waals surface area contributed by atoms with Crippen molar-refractivity contribution in [3.63, 3.8) is 0 Å². The molecule has 0 radical (unpaired) electrons. The van der Waals surface area contributed by atoms with Gasteiger partial charge in [0.15, 0.2) is 0 Å². The van der Waals surface area contributed by atoms with Crippen molar-refractivity contribution in [2.75, 3.05) is 35.3 Å². The number of nitrogens with zero attached hydrogens (tertiary/aromatic N) is 2. The van der Waals surface area contributed by atoms with Crippen molar-refractivity contribution in [2.24, 2.45) is 0 Å². The molecule has 0 aliphatic rings. The molecule has 4 aromatic carbocycles. The van der Waals surface area contributed by atoms with E-state index >= 15 is 0 Å². The fourth-order valence-corrected chi connectivity index (χ4v) is 5.70. The highest BCUT2D eigenvalue weighted by molar-refractivity contribution is 7.69. The van der Waals surface area contributed by atoms with Crippen molar-refractivity contribution in [3.05, 3.63) is 72.8 Å². The van der Waals surface area contributed by atoms with Gasteiger partial charge in [0.1, 0.15) is 24.0 Å². The molecule has 0 amide bonds. The summed E-state index contributed by atoms with van der Waals surface area (Å²) in [5.74, 6) is 1.72. The van der Waals surface area contributed by atoms with E-state index in [0.29, 0.717) is 0 Å². The largest absolute Gasteiger partial charge is 0.474 e. The molecule has 0 spiro atoms. The standard InChI is InChI=1S/C29H35N2O3P/c1-20(30(3)4)33-28-24-14-10-8-12-22(24)16-18-26(28)35(32-7)27-19-17-23-13-9-11-15-25(23)29(27)34-21(2)31(5)6/h8-21H,1-7H3. The van der Waals surface area contributed by atoms with E-state index in [1.54, 1.807) is 7.11 Å². The number of benzene rings is 4. The maximum atomic E-state index is 6.58. The third-order valence-corrected chi connectivity index (χ3v) is 8.31. The average Bonchev–Trinajstić information content (AvgIpc) is 2.86. The minimum Gasteiger partial charge on any atom is -0.474 e. The van der Waals surface area contributed by atoms with Crippen LogP contribution < -0.4 is 20.1 Å². The molecule has 2 atom stereocenters. The van der Waals surface area contributed by atoms with Gasteiger partial charge in [-0.2, -0.15) is 0 Å². The highest BCUT2D eigenvalue weighted by Crippen LogP contribution is 2.44. The Bertz CT molecular complexity index is 1210. The summed E-state index contributed by atoms with van der Waals surface area (Å²) in [5, 5.41) is 6.50. The van der Waals surface area contributed by atoms with Crippen LogP contribution in [0.5, 0.6) is 11.5 Å². The molecule has 6 heteroatoms. The molecule has 4 rings (SSSR count). The van der Waals surface area contributed by atoms with Gasteiger partial charge in [-0.15, -0.1) is 0 Å². The normalized spacial score (nSPS) is 14.4. The molecule has 0 aliphatic carbocycles. The molecular weight excluding hydrogens is 455 g/mol. The Morgan fingerprint density at radius 2 is 1.00 bits per heavy atom. The summed E-state index contributed by atoms with van der Waals surface area (Å²) in [6.07, 6.45) is -0.205. The molecule has 0 aromatic heterocycles. The zero-order chi connectivity index (χ0) is 25.1. The first-order valence-corrected chi connectivity index (χ1v) is 13.1. The first kappa shape index (κ1) is 25.4. The van der Waals surface area contributed by atoms with E-state index in [0.717, 1.165) is 43.7 Å². The van der Waals surface area contributed by atoms with Crippen LogP contribution in [0.25, 0.3) is 21.5 Å². The second-order valence-electron chi connectivity index (χ2n) is 9.11. The van der Waals surface area contributed by atoms with Crippen molar-refractivity contribution in [3.8, 4) is 11.5 Å². The van der Waals surface area contributed by atoms with E-state index in [1.165, 1.54) is 0 Å². The summed E-state index contributed by atoms with van der Waals surface area (Å²) in [6.45, 7) is 4.12. The van der Waals surface area contributed by atoms with Crippen LogP contribution in [0.1, 0.15) is 13.8 Å². The average molecular weight is 491 g/mol. The lowest BCUT2D eigenvalue weighted by Gasteiger charge is -2.29. The van der Waals surface area contributed by atoms with E-state index in [1.807, 2.05) is 28.2 Å². The Morgan fingerprint density at radius 3 is 1.37 bits per heavy atom. The second kappa shape index (κ2) is 10.9. The fourth-order valence-electron chi connectivity index (χ4n) is 3.91. The molecule has 35 heavy (non-hydrogen) atoms. The summed E-state index contributed by atoms with van der Waals surface area (Å²) in [7, 11) is 8.63. The van der Waals surface area contributed by atoms with Gasteiger partial charge in [0.2, 0.25) is 0 Å². The zero-order valence-corrected chi connectivity index (χ0v) is 22.5. The maximum Gasteiger partial charge on any atom is 0.149 e. The van der Waals surface area contributed by atoms with Crippen LogP contribution in [-0.2, 0) is 4.52 Å². The van der Waals surface area contributed by atoms with Gasteiger partial charge in [0.25, 0.3) is 0 Å². The second-order valence-corrected chi connectivity index (χ2v) is 11.0. The molecule has 5 nitrogen and oxygen atoms in total. The van der Waals surface area contributed by atoms with Crippen molar-refractivity contribution >= 4 is 40.3 Å². The van der Waals surface area contributed by atoms with Gasteiger partial charge in [-0.3, -0.25) is 9.80 Å². The van der Waals surface area contributed by atoms with Crippen LogP contribution in [0.15, 0.2) is 72.8 Å². The van der Waals surface area contributed by atoms with Crippen molar-refractivity contribution in [2.45, 2.75) is 26.3 Å². The predicted molar refractivity (Wildman–Crippen MR) is 149 cm³/mol. The topological polar surface area (TPSA) is 34.2 Å². The van der Waals surface area contributed by atoms with E-state index in [4.69, 9.17) is 14.0 Å². The molecule has 2 unspecified atom stereocenters. The Kier molecular flexibility index (Phi) is 7.93. The van der Waals surface area contributed by atoms with E-state index in [9.17, 15) is 0 Å². The number of ether oxygens (including phenoxy) is 2. The van der Waals surface area contributed by atoms with Gasteiger partial charge < -0.3 is 14.0 Å². The lowest BCUT2D eigenvalue weighted by Crippen LogP contribution is -2.33. The van der Waals surface area contributed by atoms with Crippen LogP contribution in [0.2, 0.25) is 0 Å². The summed E-state index contributed by atoms with van der Waals surface area (Å²) in [4.78, 5) is 4.12. The quantitative estimate of drug-likeness (QED) is 0.227. The molecule has 0 saturated carbocycles. The van der Waals surface area contributed by atoms with E-state index < -0.39 is 8.15 Å². The summed E-state index contributed by atoms with van der Waals surface area (Å²) >= 11 is 0. The third kappa shape index (κ3) is 5.29. The van der Waals surface area contributed by atoms with Gasteiger partial charge in [0, 0.05) is 28.5 Å². The fraction of sp³-hybridized carbons (Fsp3) is 0.310. The summed E-state index contributed by atoms with van der Waals surface area (Å²) in [5.41, 5.74) is 0. The number of hydrogen-bond donors (Lipinski definition) is 0. The van der Waals surface area contributed by atoms with E-state index in [-0.39, 0.29) is 12.5 Å². The number of hydrogen-bond acceptors (Lipinski definition) is 5. The molecule has 0 aliphatic heterocycles. The van der Waals surface area contributed by atoms with Crippen LogP contribution in [0, 0.1) is 0 Å². The van der Waals surface area contributed by atoms with Gasteiger partial charge in [-0.25, -0.2) is 0 Å². The highest BCUT2D eigenvalue weighted by Gasteiger charge is 2.27. The Hall–Kier alpha value is -2.69. The van der Waals surface area contributed by atoms with Crippen LogP contribution in [0.4, 0.5) is 0 Å². The summed E-state index contributed by atoms with van der Waals surface area (Å²) in [6, 6.07) is 25.3. The Balaban J connectivity index is 1.93. The van der Waals surface area contributed by atoms with Crippen molar-refractivity contribution < 1.29 is 14.0 Å². The zero-order valence-electron chi connectivity index (χ0n) is 21.6. The monoisotopic (exact) mass is 490 g/mol. The molecule has 0 bridgehead atoms. The molecule has 4 aromatic rings. The van der Waals surface area contributed by atoms with Gasteiger partial charge in [0.05, 0.1) is 8.15 Å². The van der Waals surface area contributed by atoms with Crippen molar-refractivity contribution in [1.29, 1.82) is 0 Å². The number of fused-ring (bicyclic) bond motifs is 2. The lowest BCUT2D eigenvalue weighted by molar-refractivity contribution is 0.0839. The maximum absolute atomic E-state index is 6.58. The molecule has 0 saturated heterocycles. The first-order chi connectivity index (χ1) is 16.8. The Labute approximate surface area is 210 Å². The molecule has 0 fully saturated rings. The molecular formula is C29H35N2O3P. The van der Waals surface area contributed by atoms with Gasteiger partial charge >= 0.3 is 0 Å². The highest BCUT2D eigenvalue weighted by atomic mass is 31.1. The van der Waals surface area contributed by atoms with Crippen LogP contribution in [-0.4, -0.2) is 57.6 Å². The van der Waals surface area contributed by atoms with Gasteiger partial charge in [-0.05, 0) is 64.9 Å². The lowest BCUT2D eigenvalue weighted by atomic mass is 10.1. The van der Waals surface area contributed by atoms with E-state index in [2.05, 4.69) is 96.4 Å². The molecule has 184 valence electrons. The first-order valence-electron chi connectivity index (χ1n) is 11.9. The third-order valence-electron chi connectivity index (χ3n) is 6.37.